The van der Waals surface area contributed by atoms with Crippen LogP contribution in [0, 0.1) is 12.7 Å². The first-order valence-corrected chi connectivity index (χ1v) is 7.20. The van der Waals surface area contributed by atoms with Crippen molar-refractivity contribution in [3.8, 4) is 0 Å². The maximum Gasteiger partial charge on any atom is 0.203 e. The van der Waals surface area contributed by atoms with Gasteiger partial charge in [0.25, 0.3) is 0 Å². The minimum Gasteiger partial charge on any atom is -0.385 e. The van der Waals surface area contributed by atoms with Crippen molar-refractivity contribution in [1.29, 1.82) is 0 Å². The van der Waals surface area contributed by atoms with Crippen LogP contribution in [0.15, 0.2) is 30.5 Å². The van der Waals surface area contributed by atoms with Gasteiger partial charge in [-0.05, 0) is 37.5 Å². The summed E-state index contributed by atoms with van der Waals surface area (Å²) >= 11 is 0. The van der Waals surface area contributed by atoms with Crippen molar-refractivity contribution in [3.05, 3.63) is 47.5 Å². The van der Waals surface area contributed by atoms with Crippen molar-refractivity contribution in [3.63, 3.8) is 0 Å². The minimum atomic E-state index is -0.188. The molecule has 4 nitrogen and oxygen atoms in total. The van der Waals surface area contributed by atoms with Gasteiger partial charge in [0.15, 0.2) is 0 Å². The lowest BCUT2D eigenvalue weighted by Crippen LogP contribution is -2.11. The molecule has 0 spiro atoms. The highest BCUT2D eigenvalue weighted by Crippen LogP contribution is 2.11. The summed E-state index contributed by atoms with van der Waals surface area (Å²) < 4.78 is 20.3. The summed E-state index contributed by atoms with van der Waals surface area (Å²) in [6.45, 7) is 4.30. The first-order chi connectivity index (χ1) is 10.2. The van der Waals surface area contributed by atoms with Gasteiger partial charge in [-0.1, -0.05) is 12.1 Å². The first-order valence-electron chi connectivity index (χ1n) is 7.20. The lowest BCUT2D eigenvalue weighted by Gasteiger charge is -2.09. The zero-order chi connectivity index (χ0) is 15.1. The van der Waals surface area contributed by atoms with E-state index >= 15 is 0 Å². The second-order valence-corrected chi connectivity index (χ2v) is 5.05. The molecule has 1 aromatic carbocycles. The molecule has 21 heavy (non-hydrogen) atoms. The fraction of sp³-hybridized carbons (Fsp3) is 0.438. The van der Waals surface area contributed by atoms with E-state index in [2.05, 4.69) is 14.9 Å². The topological polar surface area (TPSA) is 39.1 Å². The highest BCUT2D eigenvalue weighted by molar-refractivity contribution is 5.29. The molecule has 2 rings (SSSR count). The van der Waals surface area contributed by atoms with Crippen molar-refractivity contribution in [2.75, 3.05) is 25.6 Å². The van der Waals surface area contributed by atoms with Gasteiger partial charge in [0, 0.05) is 33.0 Å². The van der Waals surface area contributed by atoms with Crippen LogP contribution >= 0.6 is 0 Å². The number of ether oxygens (including phenoxy) is 1. The number of halogens is 1. The summed E-state index contributed by atoms with van der Waals surface area (Å²) in [5, 5.41) is 3.31. The van der Waals surface area contributed by atoms with Gasteiger partial charge < -0.3 is 14.6 Å². The van der Waals surface area contributed by atoms with E-state index in [4.69, 9.17) is 4.74 Å². The fourth-order valence-electron chi connectivity index (χ4n) is 2.22. The number of anilines is 1. The van der Waals surface area contributed by atoms with E-state index in [1.807, 2.05) is 19.2 Å². The number of aromatic nitrogens is 2. The van der Waals surface area contributed by atoms with Crippen LogP contribution in [-0.2, 0) is 17.7 Å². The third-order valence-corrected chi connectivity index (χ3v) is 3.24. The Balaban J connectivity index is 1.93. The van der Waals surface area contributed by atoms with E-state index in [9.17, 15) is 4.39 Å². The number of nitrogens with zero attached hydrogens (tertiary/aromatic N) is 2. The third kappa shape index (κ3) is 4.86. The molecule has 0 saturated heterocycles. The van der Waals surface area contributed by atoms with Crippen molar-refractivity contribution < 1.29 is 9.13 Å². The summed E-state index contributed by atoms with van der Waals surface area (Å²) in [5.74, 6) is 0.673. The van der Waals surface area contributed by atoms with Gasteiger partial charge in [0.1, 0.15) is 5.82 Å². The molecule has 0 saturated carbocycles. The standard InChI is InChI=1S/C16H22FN3O/c1-13-12-20(16(19-13)18-8-4-10-21-2)9-7-14-5-3-6-15(17)11-14/h3,5-6,11-12H,4,7-10H2,1-2H3,(H,18,19). The number of nitrogens with one attached hydrogen (secondary N) is 1. The predicted molar refractivity (Wildman–Crippen MR) is 82.1 cm³/mol. The SMILES string of the molecule is COCCCNc1nc(C)cn1CCc1cccc(F)c1. The van der Waals surface area contributed by atoms with Crippen LogP contribution in [0.1, 0.15) is 17.7 Å². The molecule has 0 unspecified atom stereocenters. The molecule has 0 aliphatic carbocycles. The molecule has 0 aliphatic rings. The van der Waals surface area contributed by atoms with Crippen molar-refractivity contribution in [2.45, 2.75) is 26.3 Å². The Hall–Kier alpha value is -1.88. The third-order valence-electron chi connectivity index (χ3n) is 3.24. The van der Waals surface area contributed by atoms with Crippen LogP contribution in [0.2, 0.25) is 0 Å². The summed E-state index contributed by atoms with van der Waals surface area (Å²) in [7, 11) is 1.70. The van der Waals surface area contributed by atoms with Crippen LogP contribution in [-0.4, -0.2) is 29.8 Å². The van der Waals surface area contributed by atoms with Gasteiger partial charge >= 0.3 is 0 Å². The molecule has 2 aromatic rings. The van der Waals surface area contributed by atoms with E-state index in [0.717, 1.165) is 49.7 Å². The van der Waals surface area contributed by atoms with Gasteiger partial charge in [0.2, 0.25) is 5.95 Å². The average Bonchev–Trinajstić information content (AvgIpc) is 2.82. The maximum atomic E-state index is 13.2. The Bertz CT molecular complexity index is 568. The summed E-state index contributed by atoms with van der Waals surface area (Å²) in [5.41, 5.74) is 1.97. The smallest absolute Gasteiger partial charge is 0.203 e. The molecule has 5 heteroatoms. The Labute approximate surface area is 125 Å². The number of rotatable bonds is 8. The van der Waals surface area contributed by atoms with E-state index < -0.39 is 0 Å². The normalized spacial score (nSPS) is 10.8. The number of benzene rings is 1. The Morgan fingerprint density at radius 2 is 2.24 bits per heavy atom. The maximum absolute atomic E-state index is 13.2. The lowest BCUT2D eigenvalue weighted by molar-refractivity contribution is 0.197. The van der Waals surface area contributed by atoms with Crippen molar-refractivity contribution in [2.24, 2.45) is 0 Å². The molecule has 0 amide bonds. The average molecular weight is 291 g/mol. The molecular weight excluding hydrogens is 269 g/mol. The molecule has 0 atom stereocenters. The van der Waals surface area contributed by atoms with Crippen LogP contribution in [0.25, 0.3) is 0 Å². The zero-order valence-corrected chi connectivity index (χ0v) is 12.6. The quantitative estimate of drug-likeness (QED) is 0.760. The highest BCUT2D eigenvalue weighted by Gasteiger charge is 2.05. The monoisotopic (exact) mass is 291 g/mol. The zero-order valence-electron chi connectivity index (χ0n) is 12.6. The Morgan fingerprint density at radius 3 is 3.00 bits per heavy atom. The van der Waals surface area contributed by atoms with E-state index in [-0.39, 0.29) is 5.82 Å². The molecule has 1 heterocycles. The Morgan fingerprint density at radius 1 is 1.38 bits per heavy atom. The summed E-state index contributed by atoms with van der Waals surface area (Å²) in [4.78, 5) is 4.48. The molecule has 0 radical (unpaired) electrons. The molecule has 0 bridgehead atoms. The van der Waals surface area contributed by atoms with Crippen molar-refractivity contribution in [1.82, 2.24) is 9.55 Å². The molecule has 1 N–H and O–H groups in total. The second kappa shape index (κ2) is 7.78. The van der Waals surface area contributed by atoms with Crippen molar-refractivity contribution >= 4 is 5.95 Å². The van der Waals surface area contributed by atoms with Crippen LogP contribution in [0.5, 0.6) is 0 Å². The molecule has 0 fully saturated rings. The van der Waals surface area contributed by atoms with E-state index in [0.29, 0.717) is 0 Å². The molecule has 0 aliphatic heterocycles. The number of hydrogen-bond donors (Lipinski definition) is 1. The minimum absolute atomic E-state index is 0.188. The molecular formula is C16H22FN3O. The van der Waals surface area contributed by atoms with Gasteiger partial charge in [-0.15, -0.1) is 0 Å². The van der Waals surface area contributed by atoms with Crippen LogP contribution in [0.4, 0.5) is 10.3 Å². The van der Waals surface area contributed by atoms with E-state index in [1.165, 1.54) is 6.07 Å². The first kappa shape index (κ1) is 15.5. The number of aryl methyl sites for hydroxylation is 3. The second-order valence-electron chi connectivity index (χ2n) is 5.05. The van der Waals surface area contributed by atoms with Gasteiger partial charge in [-0.2, -0.15) is 0 Å². The fourth-order valence-corrected chi connectivity index (χ4v) is 2.22. The van der Waals surface area contributed by atoms with Crippen LogP contribution < -0.4 is 5.32 Å². The lowest BCUT2D eigenvalue weighted by atomic mass is 10.1. The Kier molecular flexibility index (Phi) is 5.75. The predicted octanol–water partition coefficient (Wildman–Crippen LogP) is 3.02. The van der Waals surface area contributed by atoms with Crippen LogP contribution in [0.3, 0.4) is 0 Å². The van der Waals surface area contributed by atoms with Gasteiger partial charge in [-0.25, -0.2) is 9.37 Å². The molecule has 1 aromatic heterocycles. The van der Waals surface area contributed by atoms with Gasteiger partial charge in [-0.3, -0.25) is 0 Å². The largest absolute Gasteiger partial charge is 0.385 e. The molecule has 114 valence electrons. The van der Waals surface area contributed by atoms with Gasteiger partial charge in [0.05, 0.1) is 5.69 Å². The number of methoxy groups -OCH3 is 1. The number of imidazole rings is 1. The summed E-state index contributed by atoms with van der Waals surface area (Å²) in [6, 6.07) is 6.73. The summed E-state index contributed by atoms with van der Waals surface area (Å²) in [6.07, 6.45) is 3.73. The van der Waals surface area contributed by atoms with E-state index in [1.54, 1.807) is 19.2 Å². The number of hydrogen-bond acceptors (Lipinski definition) is 3. The highest BCUT2D eigenvalue weighted by atomic mass is 19.1.